The summed E-state index contributed by atoms with van der Waals surface area (Å²) in [5, 5.41) is 12.8. The van der Waals surface area contributed by atoms with Crippen LogP contribution in [0.1, 0.15) is 36.1 Å². The largest absolute Gasteiger partial charge is 0.503 e. The van der Waals surface area contributed by atoms with Crippen molar-refractivity contribution in [2.45, 2.75) is 32.7 Å². The molecule has 0 saturated heterocycles. The smallest absolute Gasteiger partial charge is 0.289 e. The second-order valence-electron chi connectivity index (χ2n) is 5.91. The monoisotopic (exact) mass is 300 g/mol. The first kappa shape index (κ1) is 14.6. The molecule has 1 heterocycles. The first-order valence-corrected chi connectivity index (χ1v) is 7.63. The molecule has 5 nitrogen and oxygen atoms in total. The number of hydrogen-bond donors (Lipinski definition) is 2. The van der Waals surface area contributed by atoms with Gasteiger partial charge in [-0.3, -0.25) is 9.59 Å². The summed E-state index contributed by atoms with van der Waals surface area (Å²) in [6.45, 7) is 4.51. The summed E-state index contributed by atoms with van der Waals surface area (Å²) in [5.74, 6) is -1.22. The Morgan fingerprint density at radius 2 is 2.23 bits per heavy atom. The zero-order valence-electron chi connectivity index (χ0n) is 12.8. The zero-order chi connectivity index (χ0) is 15.9. The third-order valence-electron chi connectivity index (χ3n) is 4.46. The minimum absolute atomic E-state index is 0.0477. The van der Waals surface area contributed by atoms with E-state index in [1.54, 1.807) is 0 Å². The average molecular weight is 300 g/mol. The highest BCUT2D eigenvalue weighted by Crippen LogP contribution is 2.32. The predicted octanol–water partition coefficient (Wildman–Crippen LogP) is 1.77. The SMILES string of the molecule is CCN1CC(C(=O)N[C@@H]2CCc3ccc(C)cc32)=C(O)C1=O. The molecule has 1 atom stereocenters. The first-order valence-electron chi connectivity index (χ1n) is 7.63. The van der Waals surface area contributed by atoms with Crippen molar-refractivity contribution in [3.05, 3.63) is 46.2 Å². The van der Waals surface area contributed by atoms with Gasteiger partial charge >= 0.3 is 0 Å². The highest BCUT2D eigenvalue weighted by molar-refractivity contribution is 6.07. The van der Waals surface area contributed by atoms with Crippen LogP contribution in [0.3, 0.4) is 0 Å². The van der Waals surface area contributed by atoms with Crippen LogP contribution in [0.15, 0.2) is 29.5 Å². The molecule has 1 aliphatic heterocycles. The van der Waals surface area contributed by atoms with Gasteiger partial charge in [-0.15, -0.1) is 0 Å². The van der Waals surface area contributed by atoms with Crippen molar-refractivity contribution in [1.82, 2.24) is 10.2 Å². The highest BCUT2D eigenvalue weighted by Gasteiger charge is 2.34. The topological polar surface area (TPSA) is 69.6 Å². The number of benzene rings is 1. The van der Waals surface area contributed by atoms with Crippen molar-refractivity contribution in [1.29, 1.82) is 0 Å². The third kappa shape index (κ3) is 2.36. The van der Waals surface area contributed by atoms with Crippen LogP contribution in [0.5, 0.6) is 0 Å². The number of rotatable bonds is 3. The summed E-state index contributed by atoms with van der Waals surface area (Å²) in [5.41, 5.74) is 3.74. The third-order valence-corrected chi connectivity index (χ3v) is 4.46. The number of nitrogens with zero attached hydrogens (tertiary/aromatic N) is 1. The summed E-state index contributed by atoms with van der Waals surface area (Å²) >= 11 is 0. The maximum Gasteiger partial charge on any atom is 0.289 e. The second-order valence-corrected chi connectivity index (χ2v) is 5.91. The van der Waals surface area contributed by atoms with Crippen molar-refractivity contribution in [2.75, 3.05) is 13.1 Å². The summed E-state index contributed by atoms with van der Waals surface area (Å²) in [6.07, 6.45) is 1.79. The number of amides is 2. The summed E-state index contributed by atoms with van der Waals surface area (Å²) < 4.78 is 0. The molecule has 0 aromatic heterocycles. The van der Waals surface area contributed by atoms with Crippen molar-refractivity contribution in [3.8, 4) is 0 Å². The number of aliphatic hydroxyl groups excluding tert-OH is 1. The Bertz CT molecular complexity index is 678. The van der Waals surface area contributed by atoms with Gasteiger partial charge in [-0.05, 0) is 37.8 Å². The molecule has 0 bridgehead atoms. The van der Waals surface area contributed by atoms with E-state index in [2.05, 4.69) is 23.5 Å². The van der Waals surface area contributed by atoms with E-state index >= 15 is 0 Å². The fourth-order valence-electron chi connectivity index (χ4n) is 3.17. The molecule has 2 amide bonds. The molecule has 1 aliphatic carbocycles. The lowest BCUT2D eigenvalue weighted by Crippen LogP contribution is -2.31. The van der Waals surface area contributed by atoms with Gasteiger partial charge in [0.25, 0.3) is 11.8 Å². The van der Waals surface area contributed by atoms with E-state index in [-0.39, 0.29) is 24.1 Å². The van der Waals surface area contributed by atoms with Crippen molar-refractivity contribution >= 4 is 11.8 Å². The van der Waals surface area contributed by atoms with Crippen LogP contribution in [0, 0.1) is 6.92 Å². The Morgan fingerprint density at radius 1 is 1.45 bits per heavy atom. The van der Waals surface area contributed by atoms with Gasteiger partial charge in [0.1, 0.15) is 0 Å². The van der Waals surface area contributed by atoms with Crippen LogP contribution in [-0.2, 0) is 16.0 Å². The number of carbonyl (C=O) groups is 2. The molecular weight excluding hydrogens is 280 g/mol. The minimum Gasteiger partial charge on any atom is -0.503 e. The van der Waals surface area contributed by atoms with Gasteiger partial charge in [-0.25, -0.2) is 0 Å². The molecule has 0 unspecified atom stereocenters. The standard InChI is InChI=1S/C17H20N2O3/c1-3-19-9-13(15(20)17(19)22)16(21)18-14-7-6-11-5-4-10(2)8-12(11)14/h4-5,8,14,20H,3,6-7,9H2,1-2H3,(H,18,21)/t14-/m1/s1. The summed E-state index contributed by atoms with van der Waals surface area (Å²) in [7, 11) is 0. The van der Waals surface area contributed by atoms with Gasteiger partial charge in [-0.2, -0.15) is 0 Å². The normalized spacial score (nSPS) is 20.5. The predicted molar refractivity (Wildman–Crippen MR) is 82.3 cm³/mol. The van der Waals surface area contributed by atoms with Crippen LogP contribution in [0.2, 0.25) is 0 Å². The fourth-order valence-corrected chi connectivity index (χ4v) is 3.17. The van der Waals surface area contributed by atoms with Crippen LogP contribution >= 0.6 is 0 Å². The van der Waals surface area contributed by atoms with Crippen molar-refractivity contribution in [2.24, 2.45) is 0 Å². The molecule has 1 aromatic rings. The Hall–Kier alpha value is -2.30. The van der Waals surface area contributed by atoms with Gasteiger partial charge < -0.3 is 15.3 Å². The van der Waals surface area contributed by atoms with Crippen molar-refractivity contribution < 1.29 is 14.7 Å². The first-order chi connectivity index (χ1) is 10.5. The van der Waals surface area contributed by atoms with Gasteiger partial charge in [-0.1, -0.05) is 23.8 Å². The molecule has 116 valence electrons. The molecule has 2 N–H and O–H groups in total. The second kappa shape index (κ2) is 5.48. The van der Waals surface area contributed by atoms with E-state index in [9.17, 15) is 14.7 Å². The molecule has 22 heavy (non-hydrogen) atoms. The quantitative estimate of drug-likeness (QED) is 0.894. The molecular formula is C17H20N2O3. The average Bonchev–Trinajstić information content (AvgIpc) is 3.02. The van der Waals surface area contributed by atoms with Crippen LogP contribution in [0.4, 0.5) is 0 Å². The number of fused-ring (bicyclic) bond motifs is 1. The van der Waals surface area contributed by atoms with Gasteiger partial charge in [0.15, 0.2) is 5.76 Å². The van der Waals surface area contributed by atoms with E-state index in [0.29, 0.717) is 6.54 Å². The lowest BCUT2D eigenvalue weighted by Gasteiger charge is -2.16. The minimum atomic E-state index is -0.463. The number of hydrogen-bond acceptors (Lipinski definition) is 3. The molecule has 1 aromatic carbocycles. The summed E-state index contributed by atoms with van der Waals surface area (Å²) in [6, 6.07) is 6.23. The number of nitrogens with one attached hydrogen (secondary N) is 1. The number of carbonyl (C=O) groups excluding carboxylic acids is 2. The Labute approximate surface area is 129 Å². The van der Waals surface area contributed by atoms with E-state index in [0.717, 1.165) is 24.0 Å². The highest BCUT2D eigenvalue weighted by atomic mass is 16.3. The fraction of sp³-hybridized carbons (Fsp3) is 0.412. The van der Waals surface area contributed by atoms with Crippen LogP contribution < -0.4 is 5.32 Å². The van der Waals surface area contributed by atoms with Gasteiger partial charge in [0, 0.05) is 6.54 Å². The zero-order valence-corrected chi connectivity index (χ0v) is 12.8. The number of aryl methyl sites for hydroxylation is 2. The molecule has 0 spiro atoms. The number of aliphatic hydroxyl groups is 1. The Kier molecular flexibility index (Phi) is 3.64. The van der Waals surface area contributed by atoms with Crippen molar-refractivity contribution in [3.63, 3.8) is 0 Å². The maximum absolute atomic E-state index is 12.4. The van der Waals surface area contributed by atoms with E-state index in [4.69, 9.17) is 0 Å². The van der Waals surface area contributed by atoms with Crippen LogP contribution in [0.25, 0.3) is 0 Å². The molecule has 3 rings (SSSR count). The lowest BCUT2D eigenvalue weighted by atomic mass is 10.0. The van der Waals surface area contributed by atoms with Gasteiger partial charge in [0.2, 0.25) is 0 Å². The Balaban J connectivity index is 1.77. The molecule has 0 radical (unpaired) electrons. The molecule has 0 saturated carbocycles. The summed E-state index contributed by atoms with van der Waals surface area (Å²) in [4.78, 5) is 25.6. The van der Waals surface area contributed by atoms with E-state index in [1.807, 2.05) is 13.8 Å². The number of likely N-dealkylation sites (N-methyl/N-ethyl adjacent to an activating group) is 1. The van der Waals surface area contributed by atoms with E-state index < -0.39 is 11.7 Å². The Morgan fingerprint density at radius 3 is 2.91 bits per heavy atom. The van der Waals surface area contributed by atoms with Gasteiger partial charge in [0.05, 0.1) is 18.2 Å². The molecule has 2 aliphatic rings. The molecule has 5 heteroatoms. The molecule has 0 fully saturated rings. The maximum atomic E-state index is 12.4. The van der Waals surface area contributed by atoms with E-state index in [1.165, 1.54) is 10.5 Å². The lowest BCUT2D eigenvalue weighted by molar-refractivity contribution is -0.127. The van der Waals surface area contributed by atoms with Crippen LogP contribution in [-0.4, -0.2) is 34.9 Å².